The Labute approximate surface area is 112 Å². The molecule has 0 aromatic rings. The van der Waals surface area contributed by atoms with Crippen LogP contribution in [0.4, 0.5) is 0 Å². The summed E-state index contributed by atoms with van der Waals surface area (Å²) >= 11 is 0. The molecule has 0 aromatic carbocycles. The molecule has 4 nitrogen and oxygen atoms in total. The Balaban J connectivity index is 2.04. The van der Waals surface area contributed by atoms with E-state index in [0.717, 1.165) is 39.1 Å². The zero-order chi connectivity index (χ0) is 13.4. The summed E-state index contributed by atoms with van der Waals surface area (Å²) in [6.07, 6.45) is 3.51. The van der Waals surface area contributed by atoms with Crippen LogP contribution in [0, 0.1) is 0 Å². The van der Waals surface area contributed by atoms with Crippen molar-refractivity contribution in [3.05, 3.63) is 0 Å². The number of hydrogen-bond acceptors (Lipinski definition) is 3. The van der Waals surface area contributed by atoms with Crippen molar-refractivity contribution < 1.29 is 4.79 Å². The molecule has 0 spiro atoms. The molecule has 0 aromatic heterocycles. The lowest BCUT2D eigenvalue weighted by atomic mass is 10.3. The molecule has 1 rings (SSSR count). The van der Waals surface area contributed by atoms with Crippen molar-refractivity contribution in [1.29, 1.82) is 0 Å². The zero-order valence-electron chi connectivity index (χ0n) is 12.2. The molecule has 1 aliphatic rings. The van der Waals surface area contributed by atoms with Gasteiger partial charge in [-0.25, -0.2) is 0 Å². The molecule has 0 heterocycles. The molecule has 0 saturated heterocycles. The molecule has 1 amide bonds. The van der Waals surface area contributed by atoms with Crippen LogP contribution in [0.5, 0.6) is 0 Å². The van der Waals surface area contributed by atoms with Gasteiger partial charge in [-0.05, 0) is 52.4 Å². The van der Waals surface area contributed by atoms with Gasteiger partial charge in [0.25, 0.3) is 0 Å². The topological polar surface area (TPSA) is 35.6 Å². The van der Waals surface area contributed by atoms with E-state index in [9.17, 15) is 4.79 Å². The Morgan fingerprint density at radius 1 is 1.17 bits per heavy atom. The Kier molecular flexibility index (Phi) is 7.28. The van der Waals surface area contributed by atoms with Crippen molar-refractivity contribution in [3.8, 4) is 0 Å². The summed E-state index contributed by atoms with van der Waals surface area (Å²) in [6, 6.07) is 0.542. The molecule has 0 unspecified atom stereocenters. The lowest BCUT2D eigenvalue weighted by molar-refractivity contribution is -0.130. The maximum Gasteiger partial charge on any atom is 0.236 e. The average molecular weight is 255 g/mol. The minimum Gasteiger partial charge on any atom is -0.339 e. The second kappa shape index (κ2) is 8.48. The van der Waals surface area contributed by atoms with E-state index >= 15 is 0 Å². The van der Waals surface area contributed by atoms with E-state index in [1.807, 2.05) is 4.90 Å². The van der Waals surface area contributed by atoms with Gasteiger partial charge < -0.3 is 15.1 Å². The van der Waals surface area contributed by atoms with Crippen LogP contribution >= 0.6 is 0 Å². The van der Waals surface area contributed by atoms with Gasteiger partial charge in [-0.3, -0.25) is 4.79 Å². The summed E-state index contributed by atoms with van der Waals surface area (Å²) in [5, 5.41) is 3.27. The number of nitrogens with zero attached hydrogens (tertiary/aromatic N) is 2. The van der Waals surface area contributed by atoms with Gasteiger partial charge in [0.2, 0.25) is 5.91 Å². The van der Waals surface area contributed by atoms with Crippen LogP contribution in [0.2, 0.25) is 0 Å². The van der Waals surface area contributed by atoms with Crippen LogP contribution < -0.4 is 5.32 Å². The quantitative estimate of drug-likeness (QED) is 0.598. The van der Waals surface area contributed by atoms with Gasteiger partial charge in [0, 0.05) is 12.6 Å². The molecule has 1 saturated carbocycles. The van der Waals surface area contributed by atoms with Crippen molar-refractivity contribution in [2.24, 2.45) is 0 Å². The highest BCUT2D eigenvalue weighted by Gasteiger charge is 2.30. The Morgan fingerprint density at radius 2 is 1.83 bits per heavy atom. The fourth-order valence-corrected chi connectivity index (χ4v) is 2.29. The molecule has 4 heteroatoms. The summed E-state index contributed by atoms with van der Waals surface area (Å²) in [6.45, 7) is 12.1. The molecule has 0 radical (unpaired) electrons. The predicted octanol–water partition coefficient (Wildman–Crippen LogP) is 1.32. The van der Waals surface area contributed by atoms with Crippen LogP contribution in [-0.2, 0) is 4.79 Å². The first-order valence-electron chi connectivity index (χ1n) is 7.45. The SMILES string of the molecule is CCN(CC)CCCNCC(=O)N(CC)C1CC1. The normalized spacial score (nSPS) is 15.1. The molecular formula is C14H29N3O. The lowest BCUT2D eigenvalue weighted by Crippen LogP contribution is -2.40. The average Bonchev–Trinajstić information content (AvgIpc) is 3.19. The second-order valence-electron chi connectivity index (χ2n) is 4.97. The smallest absolute Gasteiger partial charge is 0.236 e. The first-order chi connectivity index (χ1) is 8.72. The molecule has 0 atom stereocenters. The second-order valence-corrected chi connectivity index (χ2v) is 4.97. The fourth-order valence-electron chi connectivity index (χ4n) is 2.29. The van der Waals surface area contributed by atoms with Crippen molar-refractivity contribution >= 4 is 5.91 Å². The van der Waals surface area contributed by atoms with Gasteiger partial charge in [0.1, 0.15) is 0 Å². The van der Waals surface area contributed by atoms with E-state index < -0.39 is 0 Å². The Hall–Kier alpha value is -0.610. The number of likely N-dealkylation sites (N-methyl/N-ethyl adjacent to an activating group) is 1. The molecule has 106 valence electrons. The first-order valence-corrected chi connectivity index (χ1v) is 7.45. The van der Waals surface area contributed by atoms with Crippen LogP contribution in [0.1, 0.15) is 40.0 Å². The summed E-state index contributed by atoms with van der Waals surface area (Å²) in [4.78, 5) is 16.3. The molecule has 0 aliphatic heterocycles. The number of amides is 1. The largest absolute Gasteiger partial charge is 0.339 e. The van der Waals surface area contributed by atoms with Crippen molar-refractivity contribution in [2.75, 3.05) is 39.3 Å². The maximum atomic E-state index is 11.9. The highest BCUT2D eigenvalue weighted by molar-refractivity contribution is 5.78. The molecule has 0 bridgehead atoms. The Morgan fingerprint density at radius 3 is 2.33 bits per heavy atom. The summed E-state index contributed by atoms with van der Waals surface area (Å²) in [5.74, 6) is 0.267. The van der Waals surface area contributed by atoms with E-state index in [2.05, 4.69) is 31.0 Å². The van der Waals surface area contributed by atoms with Crippen LogP contribution in [0.15, 0.2) is 0 Å². The number of nitrogens with one attached hydrogen (secondary N) is 1. The third-order valence-electron chi connectivity index (χ3n) is 3.65. The van der Waals surface area contributed by atoms with Crippen LogP contribution in [0.25, 0.3) is 0 Å². The molecule has 18 heavy (non-hydrogen) atoms. The van der Waals surface area contributed by atoms with Gasteiger partial charge in [0.05, 0.1) is 6.54 Å². The van der Waals surface area contributed by atoms with E-state index in [1.165, 1.54) is 12.8 Å². The summed E-state index contributed by atoms with van der Waals surface area (Å²) in [5.41, 5.74) is 0. The van der Waals surface area contributed by atoms with E-state index in [0.29, 0.717) is 12.6 Å². The highest BCUT2D eigenvalue weighted by Crippen LogP contribution is 2.26. The minimum absolute atomic E-state index is 0.267. The van der Waals surface area contributed by atoms with E-state index in [4.69, 9.17) is 0 Å². The van der Waals surface area contributed by atoms with Gasteiger partial charge >= 0.3 is 0 Å². The van der Waals surface area contributed by atoms with Gasteiger partial charge in [0.15, 0.2) is 0 Å². The number of carbonyl (C=O) groups excluding carboxylic acids is 1. The van der Waals surface area contributed by atoms with Crippen molar-refractivity contribution in [2.45, 2.75) is 46.1 Å². The third kappa shape index (κ3) is 5.36. The van der Waals surface area contributed by atoms with E-state index in [-0.39, 0.29) is 5.91 Å². The zero-order valence-corrected chi connectivity index (χ0v) is 12.2. The number of carbonyl (C=O) groups is 1. The van der Waals surface area contributed by atoms with Crippen LogP contribution in [-0.4, -0.2) is 61.0 Å². The Bertz CT molecular complexity index is 237. The summed E-state index contributed by atoms with van der Waals surface area (Å²) in [7, 11) is 0. The van der Waals surface area contributed by atoms with Crippen LogP contribution in [0.3, 0.4) is 0 Å². The molecule has 1 aliphatic carbocycles. The number of rotatable bonds is 10. The number of hydrogen-bond donors (Lipinski definition) is 1. The summed E-state index contributed by atoms with van der Waals surface area (Å²) < 4.78 is 0. The molecule has 1 N–H and O–H groups in total. The first kappa shape index (κ1) is 15.4. The highest BCUT2D eigenvalue weighted by atomic mass is 16.2. The monoisotopic (exact) mass is 255 g/mol. The molecular weight excluding hydrogens is 226 g/mol. The predicted molar refractivity (Wildman–Crippen MR) is 75.7 cm³/mol. The maximum absolute atomic E-state index is 11.9. The third-order valence-corrected chi connectivity index (χ3v) is 3.65. The minimum atomic E-state index is 0.267. The van der Waals surface area contributed by atoms with Gasteiger partial charge in [-0.1, -0.05) is 13.8 Å². The lowest BCUT2D eigenvalue weighted by Gasteiger charge is -2.21. The van der Waals surface area contributed by atoms with Crippen molar-refractivity contribution in [3.63, 3.8) is 0 Å². The fraction of sp³-hybridized carbons (Fsp3) is 0.929. The molecule has 1 fully saturated rings. The van der Waals surface area contributed by atoms with E-state index in [1.54, 1.807) is 0 Å². The van der Waals surface area contributed by atoms with Crippen molar-refractivity contribution in [1.82, 2.24) is 15.1 Å². The van der Waals surface area contributed by atoms with Gasteiger partial charge in [-0.15, -0.1) is 0 Å². The van der Waals surface area contributed by atoms with Gasteiger partial charge in [-0.2, -0.15) is 0 Å². The standard InChI is InChI=1S/C14H29N3O/c1-4-16(5-2)11-7-10-15-12-14(18)17(6-3)13-8-9-13/h13,15H,4-12H2,1-3H3.